The number of phenols is 1. The van der Waals surface area contributed by atoms with E-state index >= 15 is 0 Å². The van der Waals surface area contributed by atoms with Gasteiger partial charge in [-0.3, -0.25) is 13.7 Å². The average Bonchev–Trinajstić information content (AvgIpc) is 3.11. The predicted molar refractivity (Wildman–Crippen MR) is 196 cm³/mol. The third-order valence-corrected chi connectivity index (χ3v) is 11.8. The summed E-state index contributed by atoms with van der Waals surface area (Å²) < 4.78 is 160. The average molecular weight is 925 g/mol. The Labute approximate surface area is 333 Å². The zero-order valence-corrected chi connectivity index (χ0v) is 32.6. The Kier molecular flexibility index (Phi) is 13.2. The molecule has 5 aromatic rings. The Morgan fingerprint density at radius 1 is 0.797 bits per heavy atom. The molecule has 1 heterocycles. The number of nitrogens with two attached hydrogens (primary N) is 1. The molecule has 0 aliphatic carbocycles. The Bertz CT molecular complexity index is 2960. The topological polar surface area (TPSA) is 379 Å². The van der Waals surface area contributed by atoms with Crippen molar-refractivity contribution in [1.29, 1.82) is 0 Å². The number of nitrogens with one attached hydrogen (secondary N) is 1. The van der Waals surface area contributed by atoms with Crippen molar-refractivity contribution in [3.63, 3.8) is 0 Å². The summed E-state index contributed by atoms with van der Waals surface area (Å²) >= 11 is 0.134. The van der Waals surface area contributed by atoms with Gasteiger partial charge in [0.1, 0.15) is 32.7 Å². The molecule has 0 atom stereocenters. The first-order valence-corrected chi connectivity index (χ1v) is 21.7. The summed E-state index contributed by atoms with van der Waals surface area (Å²) in [5, 5.41) is 40.8. The van der Waals surface area contributed by atoms with Crippen LogP contribution in [-0.4, -0.2) is 80.0 Å². The Morgan fingerprint density at radius 2 is 1.46 bits per heavy atom. The maximum Gasteiger partial charge on any atom is 0.397 e. The summed E-state index contributed by atoms with van der Waals surface area (Å²) in [6, 6.07) is 9.48. The molecule has 0 bridgehead atoms. The predicted octanol–water partition coefficient (Wildman–Crippen LogP) is 5.29. The highest BCUT2D eigenvalue weighted by Crippen LogP contribution is 2.50. The van der Waals surface area contributed by atoms with Crippen LogP contribution in [0.25, 0.3) is 10.8 Å². The lowest BCUT2D eigenvalue weighted by Gasteiger charge is -2.14. The first kappa shape index (κ1) is 44.6. The lowest BCUT2D eigenvalue weighted by molar-refractivity contribution is -0.432. The molecule has 0 saturated carbocycles. The van der Waals surface area contributed by atoms with Crippen LogP contribution in [0.4, 0.5) is 48.7 Å². The standard InChI is InChI=1S/C28H22F2N8O16S5/c29-21-12-22(34-28(30)33-21)32-15-3-6-19(57(43,44)45)17(11-15)36-37-25-18(55-54-53-40)9-13-10-20(58(46,47)48)26(24(31)23(13)27(25)39)38-35-14-1-4-16(5-2-14)56(41,42)8-7-52-59(49,50)51/h1-6,9-12,39-40H,7-8,31H2,(H,32,33,34)(H,43,44,45)(H,46,47,48)(H,49,50,51). The lowest BCUT2D eigenvalue weighted by Crippen LogP contribution is -2.15. The van der Waals surface area contributed by atoms with Crippen LogP contribution in [0.1, 0.15) is 0 Å². The smallest absolute Gasteiger partial charge is 0.397 e. The Balaban J connectivity index is 1.60. The molecule has 0 unspecified atom stereocenters. The molecule has 0 radical (unpaired) electrons. The maximum atomic E-state index is 13.6. The molecule has 0 spiro atoms. The van der Waals surface area contributed by atoms with Crippen LogP contribution >= 0.6 is 12.0 Å². The number of azo groups is 2. The Hall–Kier alpha value is -5.45. The van der Waals surface area contributed by atoms with Crippen molar-refractivity contribution < 1.29 is 80.0 Å². The molecule has 8 N–H and O–H groups in total. The van der Waals surface area contributed by atoms with Gasteiger partial charge in [0.2, 0.25) is 5.95 Å². The van der Waals surface area contributed by atoms with Crippen molar-refractivity contribution >= 4 is 103 Å². The van der Waals surface area contributed by atoms with E-state index in [4.69, 9.17) is 15.5 Å². The van der Waals surface area contributed by atoms with Crippen molar-refractivity contribution in [2.75, 3.05) is 23.4 Å². The van der Waals surface area contributed by atoms with Gasteiger partial charge in [0.25, 0.3) is 20.2 Å². The Morgan fingerprint density at radius 3 is 2.07 bits per heavy atom. The molecule has 314 valence electrons. The fourth-order valence-electron chi connectivity index (χ4n) is 4.81. The van der Waals surface area contributed by atoms with Gasteiger partial charge in [-0.1, -0.05) is 5.04 Å². The molecule has 0 fully saturated rings. The molecule has 24 nitrogen and oxygen atoms in total. The van der Waals surface area contributed by atoms with Crippen LogP contribution in [0, 0.1) is 12.0 Å². The van der Waals surface area contributed by atoms with Gasteiger partial charge in [0.05, 0.1) is 51.0 Å². The number of aromatic nitrogens is 2. The molecule has 59 heavy (non-hydrogen) atoms. The highest BCUT2D eigenvalue weighted by Gasteiger charge is 2.26. The maximum absolute atomic E-state index is 13.6. The van der Waals surface area contributed by atoms with Gasteiger partial charge in [0, 0.05) is 11.8 Å². The summed E-state index contributed by atoms with van der Waals surface area (Å²) in [5.41, 5.74) is 3.25. The van der Waals surface area contributed by atoms with Crippen molar-refractivity contribution in [1.82, 2.24) is 9.97 Å². The number of rotatable bonds is 16. The van der Waals surface area contributed by atoms with Crippen molar-refractivity contribution in [3.05, 3.63) is 72.7 Å². The molecule has 0 aliphatic heterocycles. The molecule has 0 saturated heterocycles. The molecule has 4 aromatic carbocycles. The fraction of sp³-hybridized carbons (Fsp3) is 0.0714. The zero-order valence-electron chi connectivity index (χ0n) is 28.5. The second-order valence-corrected chi connectivity index (χ2v) is 17.8. The number of hydrogen-bond donors (Lipinski definition) is 7. The number of nitrogen functional groups attached to an aromatic ring is 1. The molecular weight excluding hydrogens is 903 g/mol. The van der Waals surface area contributed by atoms with Gasteiger partial charge in [-0.15, -0.1) is 19.7 Å². The van der Waals surface area contributed by atoms with Gasteiger partial charge in [0.15, 0.2) is 15.6 Å². The van der Waals surface area contributed by atoms with E-state index in [2.05, 4.69) is 49.3 Å². The van der Waals surface area contributed by atoms with E-state index in [1.165, 1.54) is 0 Å². The van der Waals surface area contributed by atoms with E-state index in [0.29, 0.717) is 6.07 Å². The number of halogens is 2. The van der Waals surface area contributed by atoms with E-state index in [0.717, 1.165) is 54.6 Å². The summed E-state index contributed by atoms with van der Waals surface area (Å²) in [4.78, 5) is 3.64. The largest absolute Gasteiger partial charge is 0.505 e. The summed E-state index contributed by atoms with van der Waals surface area (Å²) in [7, 11) is -19.3. The minimum Gasteiger partial charge on any atom is -0.505 e. The fourth-order valence-corrected chi connectivity index (χ4v) is 8.07. The number of hydrogen-bond acceptors (Lipinski definition) is 22. The summed E-state index contributed by atoms with van der Waals surface area (Å²) in [6.07, 6.45) is -1.45. The number of phenolic OH excluding ortho intramolecular Hbond substituents is 1. The summed E-state index contributed by atoms with van der Waals surface area (Å²) in [5.74, 6) is -3.50. The van der Waals surface area contributed by atoms with Crippen LogP contribution in [-0.2, 0) is 54.0 Å². The quantitative estimate of drug-likeness (QED) is 0.00966. The number of fused-ring (bicyclic) bond motifs is 1. The van der Waals surface area contributed by atoms with Gasteiger partial charge in [-0.25, -0.2) is 17.9 Å². The molecule has 31 heteroatoms. The van der Waals surface area contributed by atoms with Crippen LogP contribution in [0.2, 0.25) is 0 Å². The highest BCUT2D eigenvalue weighted by atomic mass is 32.3. The number of aromatic hydroxyl groups is 1. The minimum absolute atomic E-state index is 0.114. The van der Waals surface area contributed by atoms with Crippen molar-refractivity contribution in [3.8, 4) is 5.75 Å². The first-order chi connectivity index (χ1) is 27.5. The van der Waals surface area contributed by atoms with Crippen LogP contribution < -0.4 is 11.1 Å². The van der Waals surface area contributed by atoms with E-state index in [9.17, 15) is 56.7 Å². The first-order valence-electron chi connectivity index (χ1n) is 15.1. The second-order valence-electron chi connectivity index (χ2n) is 11.1. The van der Waals surface area contributed by atoms with Crippen molar-refractivity contribution in [2.24, 2.45) is 20.5 Å². The number of nitrogens with zero attached hydrogens (tertiary/aromatic N) is 6. The van der Waals surface area contributed by atoms with Gasteiger partial charge in [-0.05, 0) is 60.0 Å². The lowest BCUT2D eigenvalue weighted by atomic mass is 10.1. The molecule has 0 aliphatic rings. The monoisotopic (exact) mass is 924 g/mol. The second kappa shape index (κ2) is 17.4. The van der Waals surface area contributed by atoms with E-state index in [1.807, 2.05) is 0 Å². The van der Waals surface area contributed by atoms with Crippen LogP contribution in [0.15, 0.2) is 101 Å². The molecule has 0 amide bonds. The highest BCUT2D eigenvalue weighted by molar-refractivity contribution is 7.94. The molecule has 5 rings (SSSR count). The minimum atomic E-state index is -5.19. The van der Waals surface area contributed by atoms with Gasteiger partial charge in [-0.2, -0.15) is 49.1 Å². The SMILES string of the molecule is Nc1c(N=Nc2ccc(S(=O)(=O)CCOS(=O)(=O)O)cc2)c(S(=O)(=O)O)cc2cc(SOOO)c(N=Nc3cc(Nc4cc(F)nc(F)n4)ccc3S(=O)(=O)O)c(O)c12. The zero-order chi connectivity index (χ0) is 43.5. The van der Waals surface area contributed by atoms with E-state index < -0.39 is 114 Å². The third kappa shape index (κ3) is 11.2. The van der Waals surface area contributed by atoms with Crippen LogP contribution in [0.3, 0.4) is 0 Å². The van der Waals surface area contributed by atoms with Gasteiger partial charge >= 0.3 is 16.5 Å². The van der Waals surface area contributed by atoms with E-state index in [1.54, 1.807) is 0 Å². The van der Waals surface area contributed by atoms with E-state index in [-0.39, 0.29) is 38.6 Å². The number of anilines is 3. The molecular formula is C28H22F2N8O16S5. The van der Waals surface area contributed by atoms with Gasteiger partial charge < -0.3 is 16.2 Å². The number of benzene rings is 4. The summed E-state index contributed by atoms with van der Waals surface area (Å²) in [6.45, 7) is -0.908. The molecule has 1 aromatic heterocycles. The van der Waals surface area contributed by atoms with Crippen LogP contribution in [0.5, 0.6) is 5.75 Å². The normalized spacial score (nSPS) is 12.8. The van der Waals surface area contributed by atoms with Crippen molar-refractivity contribution in [2.45, 2.75) is 19.6 Å². The number of sulfone groups is 1. The third-order valence-electron chi connectivity index (χ3n) is 7.23.